The van der Waals surface area contributed by atoms with E-state index in [1.807, 2.05) is 18.3 Å². The Bertz CT molecular complexity index is 1270. The maximum atomic E-state index is 5.11. The number of anilines is 2. The number of likely N-dealkylation sites (N-methyl/N-ethyl adjacent to an activating group) is 1. The van der Waals surface area contributed by atoms with Crippen LogP contribution in [-0.2, 0) is 6.42 Å². The van der Waals surface area contributed by atoms with Gasteiger partial charge in [-0.15, -0.1) is 0 Å². The number of aromatic nitrogens is 3. The predicted molar refractivity (Wildman–Crippen MR) is 134 cm³/mol. The van der Waals surface area contributed by atoms with Gasteiger partial charge in [-0.05, 0) is 49.7 Å². The van der Waals surface area contributed by atoms with Crippen molar-refractivity contribution in [1.29, 1.82) is 0 Å². The third-order valence-corrected chi connectivity index (χ3v) is 6.95. The van der Waals surface area contributed by atoms with Gasteiger partial charge in [0.2, 0.25) is 0 Å². The molecule has 0 amide bonds. The molecule has 6 nitrogen and oxygen atoms in total. The van der Waals surface area contributed by atoms with Gasteiger partial charge >= 0.3 is 0 Å². The largest absolute Gasteiger partial charge is 0.370 e. The molecular formula is C27H28N6. The number of hydrogen-bond acceptors (Lipinski definition) is 6. The highest BCUT2D eigenvalue weighted by atomic mass is 15.4. The summed E-state index contributed by atoms with van der Waals surface area (Å²) >= 11 is 0. The zero-order chi connectivity index (χ0) is 22.2. The maximum absolute atomic E-state index is 5.11. The molecule has 0 aliphatic carbocycles. The van der Waals surface area contributed by atoms with Crippen molar-refractivity contribution in [3.05, 3.63) is 78.5 Å². The molecule has 2 saturated heterocycles. The molecular weight excluding hydrogens is 408 g/mol. The summed E-state index contributed by atoms with van der Waals surface area (Å²) < 4.78 is 0. The standard InChI is InChI=1S/C27H28N6/c1-32-17-22-16-21(32)18-33(22)27-23-9-5-6-10-24(23)30-26(31-27)20-12-14-29-25(15-20)28-13-11-19-7-3-2-4-8-19/h2-10,12,14-15,21-22H,11,13,16-18H2,1H3,(H,28,29)/t21?,22-/m0/s1. The van der Waals surface area contributed by atoms with Crippen molar-refractivity contribution in [2.75, 3.05) is 36.9 Å². The molecule has 6 rings (SSSR count). The molecule has 4 heterocycles. The van der Waals surface area contributed by atoms with Crippen LogP contribution in [0.5, 0.6) is 0 Å². The molecule has 0 saturated carbocycles. The third-order valence-electron chi connectivity index (χ3n) is 6.95. The molecule has 1 N–H and O–H groups in total. The highest BCUT2D eigenvalue weighted by Crippen LogP contribution is 2.37. The lowest BCUT2D eigenvalue weighted by molar-refractivity contribution is 0.292. The first kappa shape index (κ1) is 20.1. The predicted octanol–water partition coefficient (Wildman–Crippen LogP) is 4.24. The number of hydrogen-bond donors (Lipinski definition) is 1. The van der Waals surface area contributed by atoms with Gasteiger partial charge < -0.3 is 10.2 Å². The fourth-order valence-electron chi connectivity index (χ4n) is 5.18. The number of fused-ring (bicyclic) bond motifs is 3. The zero-order valence-electron chi connectivity index (χ0n) is 18.9. The van der Waals surface area contributed by atoms with Crippen LogP contribution in [0.25, 0.3) is 22.3 Å². The van der Waals surface area contributed by atoms with Crippen LogP contribution in [0.15, 0.2) is 72.9 Å². The molecule has 33 heavy (non-hydrogen) atoms. The molecule has 0 spiro atoms. The second kappa shape index (κ2) is 8.45. The zero-order valence-corrected chi connectivity index (χ0v) is 18.9. The minimum Gasteiger partial charge on any atom is -0.370 e. The first-order valence-corrected chi connectivity index (χ1v) is 11.7. The SMILES string of the molecule is CN1C[C@@H]2CC1CN2c1nc(-c2ccnc(NCCc3ccccc3)c2)nc2ccccc12. The fourth-order valence-corrected chi connectivity index (χ4v) is 5.18. The number of nitrogens with one attached hydrogen (secondary N) is 1. The average molecular weight is 437 g/mol. The summed E-state index contributed by atoms with van der Waals surface area (Å²) in [5, 5.41) is 4.59. The quantitative estimate of drug-likeness (QED) is 0.488. The van der Waals surface area contributed by atoms with Crippen LogP contribution in [-0.4, -0.2) is 58.6 Å². The Morgan fingerprint density at radius 3 is 2.61 bits per heavy atom. The Hall–Kier alpha value is -3.51. The van der Waals surface area contributed by atoms with E-state index in [-0.39, 0.29) is 0 Å². The Balaban J connectivity index is 1.29. The molecule has 4 aromatic rings. The Labute approximate surface area is 194 Å². The van der Waals surface area contributed by atoms with E-state index in [1.54, 1.807) is 0 Å². The van der Waals surface area contributed by atoms with Gasteiger partial charge in [-0.1, -0.05) is 42.5 Å². The second-order valence-corrected chi connectivity index (χ2v) is 9.12. The van der Waals surface area contributed by atoms with Crippen LogP contribution in [0.4, 0.5) is 11.6 Å². The van der Waals surface area contributed by atoms with Crippen molar-refractivity contribution in [1.82, 2.24) is 19.9 Å². The van der Waals surface area contributed by atoms with Crippen LogP contribution in [0.2, 0.25) is 0 Å². The van der Waals surface area contributed by atoms with Gasteiger partial charge in [-0.3, -0.25) is 4.90 Å². The van der Waals surface area contributed by atoms with E-state index < -0.39 is 0 Å². The highest BCUT2D eigenvalue weighted by molar-refractivity contribution is 5.91. The minimum absolute atomic E-state index is 0.527. The van der Waals surface area contributed by atoms with Gasteiger partial charge in [-0.2, -0.15) is 0 Å². The molecule has 2 fully saturated rings. The van der Waals surface area contributed by atoms with Gasteiger partial charge in [-0.25, -0.2) is 15.0 Å². The van der Waals surface area contributed by atoms with E-state index in [2.05, 4.69) is 81.7 Å². The van der Waals surface area contributed by atoms with Gasteiger partial charge in [0.1, 0.15) is 11.6 Å². The van der Waals surface area contributed by atoms with E-state index in [0.29, 0.717) is 12.1 Å². The number of nitrogens with zero attached hydrogens (tertiary/aromatic N) is 5. The van der Waals surface area contributed by atoms with Crippen molar-refractivity contribution < 1.29 is 0 Å². The summed E-state index contributed by atoms with van der Waals surface area (Å²) in [4.78, 5) is 19.5. The summed E-state index contributed by atoms with van der Waals surface area (Å²) in [7, 11) is 2.23. The number of pyridine rings is 1. The molecule has 2 atom stereocenters. The molecule has 6 heteroatoms. The molecule has 2 aliphatic heterocycles. The van der Waals surface area contributed by atoms with Gasteiger partial charge in [0.15, 0.2) is 5.82 Å². The van der Waals surface area contributed by atoms with Crippen LogP contribution in [0, 0.1) is 0 Å². The summed E-state index contributed by atoms with van der Waals surface area (Å²) in [5.74, 6) is 2.67. The number of likely N-dealkylation sites (tertiary alicyclic amines) is 1. The van der Waals surface area contributed by atoms with Crippen LogP contribution >= 0.6 is 0 Å². The monoisotopic (exact) mass is 436 g/mol. The lowest BCUT2D eigenvalue weighted by atomic mass is 10.1. The number of piperazine rings is 1. The lowest BCUT2D eigenvalue weighted by Crippen LogP contribution is -2.45. The van der Waals surface area contributed by atoms with Gasteiger partial charge in [0.05, 0.1) is 5.52 Å². The van der Waals surface area contributed by atoms with Crippen molar-refractivity contribution in [2.24, 2.45) is 0 Å². The Morgan fingerprint density at radius 2 is 1.79 bits per heavy atom. The first-order chi connectivity index (χ1) is 16.2. The number of para-hydroxylation sites is 1. The smallest absolute Gasteiger partial charge is 0.162 e. The van der Waals surface area contributed by atoms with Crippen molar-refractivity contribution >= 4 is 22.5 Å². The molecule has 2 aromatic heterocycles. The van der Waals surface area contributed by atoms with E-state index in [9.17, 15) is 0 Å². The third kappa shape index (κ3) is 3.91. The van der Waals surface area contributed by atoms with E-state index >= 15 is 0 Å². The van der Waals surface area contributed by atoms with Gasteiger partial charge in [0, 0.05) is 48.9 Å². The van der Waals surface area contributed by atoms with Gasteiger partial charge in [0.25, 0.3) is 0 Å². The van der Waals surface area contributed by atoms with Crippen LogP contribution in [0.1, 0.15) is 12.0 Å². The first-order valence-electron chi connectivity index (χ1n) is 11.7. The van der Waals surface area contributed by atoms with E-state index in [1.165, 1.54) is 12.0 Å². The molecule has 0 radical (unpaired) electrons. The van der Waals surface area contributed by atoms with Crippen LogP contribution in [0.3, 0.4) is 0 Å². The fraction of sp³-hybridized carbons (Fsp3) is 0.296. The van der Waals surface area contributed by atoms with Crippen molar-refractivity contribution in [2.45, 2.75) is 24.9 Å². The molecule has 1 unspecified atom stereocenters. The topological polar surface area (TPSA) is 57.2 Å². The molecule has 2 aromatic carbocycles. The maximum Gasteiger partial charge on any atom is 0.162 e. The summed E-state index contributed by atoms with van der Waals surface area (Å²) in [6, 6.07) is 24.1. The van der Waals surface area contributed by atoms with Crippen molar-refractivity contribution in [3.8, 4) is 11.4 Å². The average Bonchev–Trinajstić information content (AvgIpc) is 3.44. The Kier molecular flexibility index (Phi) is 5.15. The summed E-state index contributed by atoms with van der Waals surface area (Å²) in [6.45, 7) is 2.96. The normalized spacial score (nSPS) is 20.0. The lowest BCUT2D eigenvalue weighted by Gasteiger charge is -2.33. The second-order valence-electron chi connectivity index (χ2n) is 9.12. The summed E-state index contributed by atoms with van der Waals surface area (Å²) in [6.07, 6.45) is 4.01. The molecule has 2 bridgehead atoms. The highest BCUT2D eigenvalue weighted by Gasteiger charge is 2.42. The molecule has 166 valence electrons. The minimum atomic E-state index is 0.527. The van der Waals surface area contributed by atoms with Crippen LogP contribution < -0.4 is 10.2 Å². The molecule has 2 aliphatic rings. The van der Waals surface area contributed by atoms with E-state index in [0.717, 1.165) is 60.0 Å². The Morgan fingerprint density at radius 1 is 0.939 bits per heavy atom. The number of rotatable bonds is 6. The number of benzene rings is 2. The van der Waals surface area contributed by atoms with E-state index in [4.69, 9.17) is 9.97 Å². The van der Waals surface area contributed by atoms with Crippen molar-refractivity contribution in [3.63, 3.8) is 0 Å². The summed E-state index contributed by atoms with van der Waals surface area (Å²) in [5.41, 5.74) is 3.29.